The summed E-state index contributed by atoms with van der Waals surface area (Å²) in [5, 5.41) is 2.62. The summed E-state index contributed by atoms with van der Waals surface area (Å²) in [6.07, 6.45) is 0. The lowest BCUT2D eigenvalue weighted by Gasteiger charge is -2.09. The summed E-state index contributed by atoms with van der Waals surface area (Å²) < 4.78 is 15.2. The van der Waals surface area contributed by atoms with Crippen LogP contribution in [0.1, 0.15) is 5.56 Å². The maximum absolute atomic E-state index is 11.8. The Balaban J connectivity index is 1.72. The lowest BCUT2D eigenvalue weighted by atomic mass is 10.2. The van der Waals surface area contributed by atoms with Crippen LogP contribution in [0.5, 0.6) is 11.5 Å². The van der Waals surface area contributed by atoms with Crippen molar-refractivity contribution in [3.63, 3.8) is 0 Å². The molecule has 0 saturated carbocycles. The van der Waals surface area contributed by atoms with E-state index < -0.39 is 11.9 Å². The van der Waals surface area contributed by atoms with Gasteiger partial charge >= 0.3 is 5.97 Å². The summed E-state index contributed by atoms with van der Waals surface area (Å²) in [5.74, 6) is 0.137. The second-order valence-corrected chi connectivity index (χ2v) is 5.04. The molecule has 6 heteroatoms. The molecule has 0 aromatic heterocycles. The van der Waals surface area contributed by atoms with E-state index in [-0.39, 0.29) is 13.2 Å². The molecule has 0 heterocycles. The Morgan fingerprint density at radius 1 is 1.00 bits per heavy atom. The molecule has 0 unspecified atom stereocenters. The normalized spacial score (nSPS) is 9.92. The van der Waals surface area contributed by atoms with Crippen LogP contribution >= 0.6 is 0 Å². The van der Waals surface area contributed by atoms with Crippen LogP contribution in [0.15, 0.2) is 48.5 Å². The first-order valence-electron chi connectivity index (χ1n) is 7.36. The largest absolute Gasteiger partial charge is 0.497 e. The Bertz CT molecular complexity index is 697. The van der Waals surface area contributed by atoms with Crippen molar-refractivity contribution >= 4 is 17.6 Å². The highest BCUT2D eigenvalue weighted by atomic mass is 16.6. The van der Waals surface area contributed by atoms with Gasteiger partial charge in [0.1, 0.15) is 11.5 Å². The number of ether oxygens (including phenoxy) is 3. The first-order chi connectivity index (χ1) is 11.6. The Morgan fingerprint density at radius 2 is 1.75 bits per heavy atom. The van der Waals surface area contributed by atoms with Crippen molar-refractivity contribution in [2.75, 3.05) is 25.6 Å². The second-order valence-electron chi connectivity index (χ2n) is 5.04. The van der Waals surface area contributed by atoms with E-state index in [1.807, 2.05) is 19.1 Å². The predicted octanol–water partition coefficient (Wildman–Crippen LogP) is 2.56. The zero-order valence-corrected chi connectivity index (χ0v) is 13.6. The van der Waals surface area contributed by atoms with Gasteiger partial charge in [-0.15, -0.1) is 0 Å². The van der Waals surface area contributed by atoms with Crippen LogP contribution in [0.3, 0.4) is 0 Å². The van der Waals surface area contributed by atoms with Crippen molar-refractivity contribution in [2.45, 2.75) is 6.92 Å². The number of hydrogen-bond donors (Lipinski definition) is 1. The maximum atomic E-state index is 11.8. The number of carbonyl (C=O) groups excluding carboxylic acids is 2. The van der Waals surface area contributed by atoms with E-state index in [1.165, 1.54) is 7.11 Å². The molecule has 0 aliphatic carbocycles. The Morgan fingerprint density at radius 3 is 2.46 bits per heavy atom. The topological polar surface area (TPSA) is 73.9 Å². The van der Waals surface area contributed by atoms with Gasteiger partial charge in [-0.05, 0) is 31.2 Å². The van der Waals surface area contributed by atoms with E-state index in [2.05, 4.69) is 5.32 Å². The molecule has 0 saturated heterocycles. The minimum absolute atomic E-state index is 0.254. The van der Waals surface area contributed by atoms with Gasteiger partial charge in [-0.25, -0.2) is 4.79 Å². The molecule has 0 atom stereocenters. The molecule has 0 spiro atoms. The molecule has 2 aromatic rings. The van der Waals surface area contributed by atoms with Gasteiger partial charge in [-0.2, -0.15) is 0 Å². The molecule has 126 valence electrons. The Labute approximate surface area is 140 Å². The number of carbonyl (C=O) groups is 2. The van der Waals surface area contributed by atoms with Crippen LogP contribution in [0.25, 0.3) is 0 Å². The van der Waals surface area contributed by atoms with Crippen LogP contribution in [0, 0.1) is 6.92 Å². The van der Waals surface area contributed by atoms with E-state index in [9.17, 15) is 9.59 Å². The fourth-order valence-corrected chi connectivity index (χ4v) is 1.86. The van der Waals surface area contributed by atoms with Crippen LogP contribution < -0.4 is 14.8 Å². The highest BCUT2D eigenvalue weighted by Gasteiger charge is 2.09. The number of methoxy groups -OCH3 is 1. The third-order valence-electron chi connectivity index (χ3n) is 3.10. The number of hydrogen-bond acceptors (Lipinski definition) is 5. The molecule has 1 amide bonds. The summed E-state index contributed by atoms with van der Waals surface area (Å²) in [6, 6.07) is 14.2. The van der Waals surface area contributed by atoms with Gasteiger partial charge in [-0.1, -0.05) is 23.8 Å². The summed E-state index contributed by atoms with van der Waals surface area (Å²) >= 11 is 0. The number of esters is 1. The van der Waals surface area contributed by atoms with Crippen molar-refractivity contribution in [1.29, 1.82) is 0 Å². The maximum Gasteiger partial charge on any atom is 0.344 e. The van der Waals surface area contributed by atoms with Gasteiger partial charge in [0.2, 0.25) is 0 Å². The van der Waals surface area contributed by atoms with Gasteiger partial charge in [-0.3, -0.25) is 4.79 Å². The third-order valence-corrected chi connectivity index (χ3v) is 3.10. The quantitative estimate of drug-likeness (QED) is 0.790. The highest BCUT2D eigenvalue weighted by Crippen LogP contribution is 2.16. The number of rotatable bonds is 7. The van der Waals surface area contributed by atoms with Crippen molar-refractivity contribution in [3.8, 4) is 11.5 Å². The van der Waals surface area contributed by atoms with E-state index in [0.29, 0.717) is 17.2 Å². The molecule has 0 bridgehead atoms. The van der Waals surface area contributed by atoms with Crippen LogP contribution in [-0.2, 0) is 14.3 Å². The first-order valence-corrected chi connectivity index (χ1v) is 7.36. The van der Waals surface area contributed by atoms with Crippen molar-refractivity contribution in [2.24, 2.45) is 0 Å². The van der Waals surface area contributed by atoms with Gasteiger partial charge in [0.05, 0.1) is 7.11 Å². The van der Waals surface area contributed by atoms with E-state index in [4.69, 9.17) is 14.2 Å². The van der Waals surface area contributed by atoms with Gasteiger partial charge in [0.25, 0.3) is 5.91 Å². The standard InChI is InChI=1S/C18H19NO5/c1-13-6-8-15(9-7-13)23-12-18(21)24-11-17(20)19-14-4-3-5-16(10-14)22-2/h3-10H,11-12H2,1-2H3,(H,19,20). The van der Waals surface area contributed by atoms with E-state index in [0.717, 1.165) is 5.56 Å². The second kappa shape index (κ2) is 8.57. The average Bonchev–Trinajstić information content (AvgIpc) is 2.59. The zero-order valence-electron chi connectivity index (χ0n) is 13.6. The molecule has 2 rings (SSSR count). The zero-order chi connectivity index (χ0) is 17.4. The SMILES string of the molecule is COc1cccc(NC(=O)COC(=O)COc2ccc(C)cc2)c1. The summed E-state index contributed by atoms with van der Waals surface area (Å²) in [6.45, 7) is 1.32. The lowest BCUT2D eigenvalue weighted by molar-refractivity contribution is -0.149. The first kappa shape index (κ1) is 17.3. The minimum atomic E-state index is -0.614. The fraction of sp³-hybridized carbons (Fsp3) is 0.222. The Kier molecular flexibility index (Phi) is 6.19. The lowest BCUT2D eigenvalue weighted by Crippen LogP contribution is -2.23. The number of aryl methyl sites for hydroxylation is 1. The number of amides is 1. The number of nitrogens with one attached hydrogen (secondary N) is 1. The van der Waals surface area contributed by atoms with Crippen molar-refractivity contribution < 1.29 is 23.8 Å². The molecule has 24 heavy (non-hydrogen) atoms. The summed E-state index contributed by atoms with van der Waals surface area (Å²) in [4.78, 5) is 23.4. The molecular weight excluding hydrogens is 310 g/mol. The minimum Gasteiger partial charge on any atom is -0.497 e. The van der Waals surface area contributed by atoms with Gasteiger partial charge < -0.3 is 19.5 Å². The monoisotopic (exact) mass is 329 g/mol. The molecule has 0 aliphatic rings. The Hall–Kier alpha value is -3.02. The fourth-order valence-electron chi connectivity index (χ4n) is 1.86. The highest BCUT2D eigenvalue weighted by molar-refractivity contribution is 5.93. The van der Waals surface area contributed by atoms with Crippen LogP contribution in [-0.4, -0.2) is 32.2 Å². The third kappa shape index (κ3) is 5.64. The molecule has 0 aliphatic heterocycles. The smallest absolute Gasteiger partial charge is 0.344 e. The molecule has 0 radical (unpaired) electrons. The van der Waals surface area contributed by atoms with E-state index in [1.54, 1.807) is 36.4 Å². The van der Waals surface area contributed by atoms with E-state index >= 15 is 0 Å². The van der Waals surface area contributed by atoms with Gasteiger partial charge in [0.15, 0.2) is 13.2 Å². The van der Waals surface area contributed by atoms with Gasteiger partial charge in [0, 0.05) is 11.8 Å². The average molecular weight is 329 g/mol. The number of anilines is 1. The summed E-state index contributed by atoms with van der Waals surface area (Å²) in [5.41, 5.74) is 1.66. The molecule has 6 nitrogen and oxygen atoms in total. The molecule has 2 aromatic carbocycles. The van der Waals surface area contributed by atoms with Crippen molar-refractivity contribution in [1.82, 2.24) is 0 Å². The van der Waals surface area contributed by atoms with Crippen molar-refractivity contribution in [3.05, 3.63) is 54.1 Å². The van der Waals surface area contributed by atoms with Crippen LogP contribution in [0.4, 0.5) is 5.69 Å². The summed E-state index contributed by atoms with van der Waals surface area (Å²) in [7, 11) is 1.54. The predicted molar refractivity (Wildman–Crippen MR) is 89.3 cm³/mol. The van der Waals surface area contributed by atoms with Crippen LogP contribution in [0.2, 0.25) is 0 Å². The molecule has 0 fully saturated rings. The molecular formula is C18H19NO5. The number of benzene rings is 2. The molecule has 1 N–H and O–H groups in total.